The molecule has 0 radical (unpaired) electrons. The van der Waals surface area contributed by atoms with Crippen molar-refractivity contribution in [2.45, 2.75) is 0 Å². The Balaban J connectivity index is 2.79. The summed E-state index contributed by atoms with van der Waals surface area (Å²) in [6.07, 6.45) is 0. The molecule has 0 saturated carbocycles. The number of carbonyl (C=O) groups is 1. The van der Waals surface area contributed by atoms with Crippen LogP contribution in [0.4, 0.5) is 5.69 Å². The molecule has 1 amide bonds. The van der Waals surface area contributed by atoms with Gasteiger partial charge in [-0.25, -0.2) is 0 Å². The molecule has 0 spiro atoms. The van der Waals surface area contributed by atoms with Crippen LogP contribution in [-0.2, 0) is 4.79 Å². The van der Waals surface area contributed by atoms with Gasteiger partial charge in [0.1, 0.15) is 6.07 Å². The summed E-state index contributed by atoms with van der Waals surface area (Å²) >= 11 is 5.85. The van der Waals surface area contributed by atoms with Gasteiger partial charge in [-0.2, -0.15) is 5.26 Å². The fourth-order valence-corrected chi connectivity index (χ4v) is 1.33. The molecule has 0 bridgehead atoms. The second-order valence-electron chi connectivity index (χ2n) is 3.42. The maximum Gasteiger partial charge on any atom is 0.241 e. The zero-order valence-corrected chi connectivity index (χ0v) is 9.88. The first-order valence-corrected chi connectivity index (χ1v) is 5.06. The largest absolute Gasteiger partial charge is 0.375 e. The highest BCUT2D eigenvalue weighted by Crippen LogP contribution is 2.22. The van der Waals surface area contributed by atoms with Crippen LogP contribution in [0.25, 0.3) is 0 Å². The van der Waals surface area contributed by atoms with Crippen molar-refractivity contribution in [1.82, 2.24) is 4.90 Å². The third-order valence-electron chi connectivity index (χ3n) is 2.05. The van der Waals surface area contributed by atoms with Crippen molar-refractivity contribution in [2.75, 3.05) is 26.0 Å². The Hall–Kier alpha value is -1.73. The number of carbonyl (C=O) groups excluding carboxylic acids is 1. The molecule has 1 rings (SSSR count). The molecule has 0 fully saturated rings. The van der Waals surface area contributed by atoms with E-state index >= 15 is 0 Å². The highest BCUT2D eigenvalue weighted by molar-refractivity contribution is 6.32. The van der Waals surface area contributed by atoms with Crippen LogP contribution in [-0.4, -0.2) is 31.4 Å². The van der Waals surface area contributed by atoms with Gasteiger partial charge in [-0.3, -0.25) is 4.79 Å². The Morgan fingerprint density at radius 2 is 2.25 bits per heavy atom. The summed E-state index contributed by atoms with van der Waals surface area (Å²) in [7, 11) is 3.35. The molecule has 0 saturated heterocycles. The minimum absolute atomic E-state index is 0.0659. The summed E-state index contributed by atoms with van der Waals surface area (Å²) in [6, 6.07) is 7.08. The van der Waals surface area contributed by atoms with E-state index in [2.05, 4.69) is 5.32 Å². The smallest absolute Gasteiger partial charge is 0.241 e. The first kappa shape index (κ1) is 12.3. The van der Waals surface area contributed by atoms with Gasteiger partial charge in [0.2, 0.25) is 5.91 Å². The molecule has 0 heterocycles. The van der Waals surface area contributed by atoms with E-state index in [1.165, 1.54) is 4.90 Å². The van der Waals surface area contributed by atoms with Gasteiger partial charge in [-0.15, -0.1) is 0 Å². The normalized spacial score (nSPS) is 9.38. The Kier molecular flexibility index (Phi) is 4.15. The van der Waals surface area contributed by atoms with Gasteiger partial charge in [-0.05, 0) is 12.1 Å². The average molecular weight is 238 g/mol. The summed E-state index contributed by atoms with van der Waals surface area (Å²) in [5.74, 6) is -0.0659. The van der Waals surface area contributed by atoms with Crippen molar-refractivity contribution in [3.8, 4) is 6.07 Å². The van der Waals surface area contributed by atoms with E-state index in [4.69, 9.17) is 16.9 Å². The van der Waals surface area contributed by atoms with Crippen LogP contribution in [0.2, 0.25) is 5.02 Å². The van der Waals surface area contributed by atoms with E-state index in [1.807, 2.05) is 6.07 Å². The Bertz CT molecular complexity index is 437. The van der Waals surface area contributed by atoms with E-state index in [1.54, 1.807) is 32.3 Å². The van der Waals surface area contributed by atoms with E-state index in [0.29, 0.717) is 16.3 Å². The van der Waals surface area contributed by atoms with Crippen LogP contribution in [0.15, 0.2) is 18.2 Å². The number of nitrogens with one attached hydrogen (secondary N) is 1. The predicted octanol–water partition coefficient (Wildman–Crippen LogP) is 1.71. The van der Waals surface area contributed by atoms with Crippen LogP contribution in [0.3, 0.4) is 0 Å². The van der Waals surface area contributed by atoms with Gasteiger partial charge in [0.05, 0.1) is 22.8 Å². The molecule has 5 heteroatoms. The monoisotopic (exact) mass is 237 g/mol. The lowest BCUT2D eigenvalue weighted by molar-refractivity contribution is -0.126. The lowest BCUT2D eigenvalue weighted by Crippen LogP contribution is -2.28. The fraction of sp³-hybridized carbons (Fsp3) is 0.273. The molecule has 1 N–H and O–H groups in total. The standard InChI is InChI=1S/C11H12ClN3O/c1-15(2)11(16)7-14-10-5-3-4-9(12)8(10)6-13/h3-5,14H,7H2,1-2H3. The molecule has 1 aromatic carbocycles. The zero-order chi connectivity index (χ0) is 12.1. The molecular formula is C11H12ClN3O. The molecule has 16 heavy (non-hydrogen) atoms. The van der Waals surface area contributed by atoms with Crippen molar-refractivity contribution in [3.05, 3.63) is 28.8 Å². The summed E-state index contributed by atoms with van der Waals surface area (Å²) in [4.78, 5) is 12.8. The maximum atomic E-state index is 11.3. The summed E-state index contributed by atoms with van der Waals surface area (Å²) in [5, 5.41) is 12.2. The van der Waals surface area contributed by atoms with Crippen LogP contribution < -0.4 is 5.32 Å². The minimum atomic E-state index is -0.0659. The summed E-state index contributed by atoms with van der Waals surface area (Å²) in [6.45, 7) is 0.141. The average Bonchev–Trinajstić information content (AvgIpc) is 2.25. The van der Waals surface area contributed by atoms with Crippen molar-refractivity contribution in [3.63, 3.8) is 0 Å². The molecule has 84 valence electrons. The maximum absolute atomic E-state index is 11.3. The second-order valence-corrected chi connectivity index (χ2v) is 3.82. The number of nitrogens with zero attached hydrogens (tertiary/aromatic N) is 2. The van der Waals surface area contributed by atoms with Crippen molar-refractivity contribution < 1.29 is 4.79 Å². The number of anilines is 1. The van der Waals surface area contributed by atoms with Crippen LogP contribution in [0, 0.1) is 11.3 Å². The predicted molar refractivity (Wildman–Crippen MR) is 63.4 cm³/mol. The number of hydrogen-bond acceptors (Lipinski definition) is 3. The Labute approximate surface area is 99.4 Å². The Morgan fingerprint density at radius 1 is 1.56 bits per heavy atom. The van der Waals surface area contributed by atoms with Gasteiger partial charge in [-0.1, -0.05) is 17.7 Å². The molecule has 0 unspecified atom stereocenters. The second kappa shape index (κ2) is 5.38. The third-order valence-corrected chi connectivity index (χ3v) is 2.37. The number of rotatable bonds is 3. The number of hydrogen-bond donors (Lipinski definition) is 1. The molecule has 0 aliphatic carbocycles. The van der Waals surface area contributed by atoms with E-state index < -0.39 is 0 Å². The molecule has 1 aromatic rings. The molecule has 0 aliphatic heterocycles. The van der Waals surface area contributed by atoms with Crippen LogP contribution in [0.1, 0.15) is 5.56 Å². The molecular weight excluding hydrogens is 226 g/mol. The SMILES string of the molecule is CN(C)C(=O)CNc1cccc(Cl)c1C#N. The summed E-state index contributed by atoms with van der Waals surface area (Å²) < 4.78 is 0. The lowest BCUT2D eigenvalue weighted by atomic mass is 10.2. The third kappa shape index (κ3) is 2.88. The first-order valence-electron chi connectivity index (χ1n) is 4.69. The molecule has 0 atom stereocenters. The van der Waals surface area contributed by atoms with Crippen molar-refractivity contribution in [2.24, 2.45) is 0 Å². The highest BCUT2D eigenvalue weighted by atomic mass is 35.5. The molecule has 4 nitrogen and oxygen atoms in total. The van der Waals surface area contributed by atoms with Gasteiger partial charge in [0, 0.05) is 14.1 Å². The van der Waals surface area contributed by atoms with Crippen LogP contribution >= 0.6 is 11.6 Å². The lowest BCUT2D eigenvalue weighted by Gasteiger charge is -2.12. The van der Waals surface area contributed by atoms with Gasteiger partial charge in [0.15, 0.2) is 0 Å². The van der Waals surface area contributed by atoms with Gasteiger partial charge in [0.25, 0.3) is 0 Å². The Morgan fingerprint density at radius 3 is 2.81 bits per heavy atom. The number of halogens is 1. The van der Waals surface area contributed by atoms with Gasteiger partial charge < -0.3 is 10.2 Å². The van der Waals surface area contributed by atoms with Gasteiger partial charge >= 0.3 is 0 Å². The quantitative estimate of drug-likeness (QED) is 0.871. The zero-order valence-electron chi connectivity index (χ0n) is 9.12. The number of amides is 1. The van der Waals surface area contributed by atoms with E-state index in [-0.39, 0.29) is 12.5 Å². The van der Waals surface area contributed by atoms with Crippen LogP contribution in [0.5, 0.6) is 0 Å². The van der Waals surface area contributed by atoms with Crippen molar-refractivity contribution in [1.29, 1.82) is 5.26 Å². The highest BCUT2D eigenvalue weighted by Gasteiger charge is 2.08. The molecule has 0 aromatic heterocycles. The fourth-order valence-electron chi connectivity index (χ4n) is 1.11. The topological polar surface area (TPSA) is 56.1 Å². The van der Waals surface area contributed by atoms with Crippen molar-refractivity contribution >= 4 is 23.2 Å². The molecule has 0 aliphatic rings. The van der Waals surface area contributed by atoms with E-state index in [9.17, 15) is 4.79 Å². The summed E-state index contributed by atoms with van der Waals surface area (Å²) in [5.41, 5.74) is 0.931. The van der Waals surface area contributed by atoms with E-state index in [0.717, 1.165) is 0 Å². The number of likely N-dealkylation sites (N-methyl/N-ethyl adjacent to an activating group) is 1. The first-order chi connectivity index (χ1) is 7.56. The number of benzene rings is 1. The minimum Gasteiger partial charge on any atom is -0.375 e. The number of nitriles is 1.